The largest absolute Gasteiger partial charge is 0.493 e. The van der Waals surface area contributed by atoms with Crippen LogP contribution in [0.5, 0.6) is 34.5 Å². The normalized spacial score (nSPS) is 29.3. The Bertz CT molecular complexity index is 5700. The number of aryl methyl sites for hydroxylation is 2. The predicted molar refractivity (Wildman–Crippen MR) is 557 cm³/mol. The number of quaternary nitrogens is 1. The number of benzene rings is 6. The van der Waals surface area contributed by atoms with Crippen LogP contribution in [-0.4, -0.2) is 95.2 Å². The molecule has 18 aliphatic carbocycles. The number of fused-ring (bicyclic) bond motifs is 6. The number of allylic oxidation sites excluding steroid dienone is 1. The molecule has 139 heavy (non-hydrogen) atoms. The van der Waals surface area contributed by atoms with Gasteiger partial charge in [0.1, 0.15) is 37.6 Å². The molecule has 8 N–H and O–H groups in total. The lowest BCUT2D eigenvalue weighted by Gasteiger charge is -2.61. The number of thiocarbonyl (C=S) groups is 2. The van der Waals surface area contributed by atoms with Crippen molar-refractivity contribution in [3.63, 3.8) is 0 Å². The number of carbonyl (C=O) groups is 1. The van der Waals surface area contributed by atoms with Crippen LogP contribution >= 0.6 is 24.4 Å². The van der Waals surface area contributed by atoms with Gasteiger partial charge in [-0.05, 0) is 398 Å². The standard InChI is InChI=1S/C117H143N11O9S2/c1-70(2)120-98-26-22-92-46-104(132-4)108(134-6)110(136-8)106(92)94-24-28-100(102(130)48-96(94)98)122-124-112(138)126(116-56-86-40-87(57-116)42-88(41-86)58-116)64-74-16-12-20-78(32-74)68-128(66-76-18-10-14-72(30-76)62-118-114-50-80-34-81(51-114)36-82(35-80)52-114,67-77-19-11-15-73(31-77)63-119-115-53-83-37-84(54-115)39-85(38-83)55-115)69-79-21-13-17-75(33-79)65-127(117-59-89-43-90(60-117)45-91(44-89)61-117)113(139)125-123-101-29-25-95-97(49-103(101)131)99(121-71(3)129)27-23-93-47-105(133-5)109(135-7)111(137-9)107(93)95/h10-21,24-25,28-33,46-49,80-91,98-99,118-120H,1,22-23,26-27,34-45,50-69H2,2-9H3,(H4-,121,122,123,124,125,129,130,131,138,139)/p+1/t80?,81?,82?,83?,84?,85?,86?,87?,88?,89?,90?,91?,98-,99-,114?,115?,116?,117?,128?/m0/s1. The number of anilines is 2. The van der Waals surface area contributed by atoms with E-state index in [1.807, 2.05) is 43.3 Å². The van der Waals surface area contributed by atoms with Gasteiger partial charge in [-0.3, -0.25) is 36.1 Å². The maximum absolute atomic E-state index is 15.2. The topological polar surface area (TPSA) is 209 Å². The second-order valence-corrected chi connectivity index (χ2v) is 47.1. The van der Waals surface area contributed by atoms with Gasteiger partial charge in [0.15, 0.2) is 33.2 Å². The van der Waals surface area contributed by atoms with Crippen molar-refractivity contribution in [1.82, 2.24) is 41.9 Å². The summed E-state index contributed by atoms with van der Waals surface area (Å²) in [5, 5.41) is 16.7. The van der Waals surface area contributed by atoms with Crippen LogP contribution in [0.3, 0.4) is 0 Å². The number of hydrogen-bond acceptors (Lipinski definition) is 16. The monoisotopic (exact) mass is 1910 g/mol. The van der Waals surface area contributed by atoms with Crippen molar-refractivity contribution in [3.8, 4) is 56.8 Å². The number of amides is 1. The Morgan fingerprint density at radius 2 is 0.698 bits per heavy atom. The van der Waals surface area contributed by atoms with Gasteiger partial charge < -0.3 is 64.0 Å². The molecular formula is C117H144N11O9S2+. The lowest BCUT2D eigenvalue weighted by atomic mass is 9.52. The fourth-order valence-electron chi connectivity index (χ4n) is 32.6. The zero-order valence-corrected chi connectivity index (χ0v) is 84.6. The number of rotatable bonds is 33. The molecule has 18 aliphatic rings. The first-order valence-corrected chi connectivity index (χ1v) is 53.2. The SMILES string of the molecule is C=C(C)N[C@H]1CCc2cc(OC)c(OC)c(OC)c2-c2ccc(NNC(=S)N(Cc3cccc(C[N+](Cc4cccc(CNC56CC7CC(CC(C7)C5)C6)c4)(Cc4cccc(CNC56CC7CC(CC(C7)C5)C6)c4)Cc4cccc(CN(C(=S)NNc5ccc6c(cc5=O)[C@@H](NC(C)=O)CCc5cc(OC)c(OC)c(OC)c5-6)C56CC7CC(CC(C7)C5)C6)c4)c3)C34CC5CC(CC(C5)C3)C4)c(=O)cc21. The molecule has 8 aromatic carbocycles. The molecule has 22 heteroatoms. The minimum Gasteiger partial charge on any atom is -0.493 e. The number of ether oxygens (including phenoxy) is 6. The number of hydrazine groups is 2. The van der Waals surface area contributed by atoms with Crippen LogP contribution in [0.2, 0.25) is 0 Å². The van der Waals surface area contributed by atoms with Crippen LogP contribution in [0.4, 0.5) is 11.4 Å². The summed E-state index contributed by atoms with van der Waals surface area (Å²) in [6.07, 6.45) is 32.9. The van der Waals surface area contributed by atoms with Crippen molar-refractivity contribution >= 4 is 51.9 Å². The third kappa shape index (κ3) is 18.8. The van der Waals surface area contributed by atoms with Gasteiger partial charge in [-0.2, -0.15) is 0 Å². The van der Waals surface area contributed by atoms with Crippen LogP contribution in [0.25, 0.3) is 22.3 Å². The van der Waals surface area contributed by atoms with Gasteiger partial charge in [-0.1, -0.05) is 91.5 Å². The number of carbonyl (C=O) groups excluding carboxylic acids is 1. The van der Waals surface area contributed by atoms with E-state index < -0.39 is 6.04 Å². The average Bonchev–Trinajstić information content (AvgIpc) is 1.18. The van der Waals surface area contributed by atoms with Crippen LogP contribution < -0.4 is 82.2 Å². The van der Waals surface area contributed by atoms with E-state index >= 15 is 9.59 Å². The molecule has 1 amide bonds. The van der Waals surface area contributed by atoms with E-state index in [0.717, 1.165) is 158 Å². The summed E-state index contributed by atoms with van der Waals surface area (Å²) in [5.41, 5.74) is 32.4. The highest BCUT2D eigenvalue weighted by atomic mass is 32.1. The number of nitrogens with one attached hydrogen (secondary N) is 8. The summed E-state index contributed by atoms with van der Waals surface area (Å²) in [7, 11) is 9.79. The van der Waals surface area contributed by atoms with Gasteiger partial charge in [0.25, 0.3) is 0 Å². The summed E-state index contributed by atoms with van der Waals surface area (Å²) >= 11 is 13.7. The van der Waals surface area contributed by atoms with Gasteiger partial charge in [0, 0.05) is 94.3 Å². The molecular weight excluding hydrogens is 1770 g/mol. The average molecular weight is 1910 g/mol. The molecule has 16 fully saturated rings. The Balaban J connectivity index is 0.618. The highest BCUT2D eigenvalue weighted by Crippen LogP contribution is 2.63. The summed E-state index contributed by atoms with van der Waals surface area (Å²) in [5.74, 6) is 11.8. The molecule has 8 aromatic rings. The zero-order chi connectivity index (χ0) is 95.4. The molecule has 0 radical (unpaired) electrons. The zero-order valence-electron chi connectivity index (χ0n) is 82.9. The van der Waals surface area contributed by atoms with Gasteiger partial charge in [-0.25, -0.2) is 0 Å². The first-order valence-electron chi connectivity index (χ1n) is 52.4. The van der Waals surface area contributed by atoms with Crippen molar-refractivity contribution < 1.29 is 37.7 Å². The molecule has 0 saturated heterocycles. The van der Waals surface area contributed by atoms with E-state index in [0.29, 0.717) is 140 Å². The van der Waals surface area contributed by atoms with Gasteiger partial charge in [0.2, 0.25) is 28.3 Å². The molecule has 0 unspecified atom stereocenters. The second-order valence-electron chi connectivity index (χ2n) is 46.3. The quantitative estimate of drug-likeness (QED) is 0.0109. The van der Waals surface area contributed by atoms with E-state index in [9.17, 15) is 4.79 Å². The number of methoxy groups -OCH3 is 6. The molecule has 732 valence electrons. The predicted octanol–water partition coefficient (Wildman–Crippen LogP) is 21.4. The molecule has 0 spiro atoms. The number of nitrogens with zero attached hydrogens (tertiary/aromatic N) is 3. The lowest BCUT2D eigenvalue weighted by Crippen LogP contribution is -2.63. The Kier molecular flexibility index (Phi) is 25.8. The highest BCUT2D eigenvalue weighted by molar-refractivity contribution is 7.80. The Hall–Kier alpha value is -10.2. The van der Waals surface area contributed by atoms with Crippen molar-refractivity contribution in [3.05, 3.63) is 245 Å². The molecule has 0 heterocycles. The van der Waals surface area contributed by atoms with Gasteiger partial charge in [-0.15, -0.1) is 0 Å². The Morgan fingerprint density at radius 3 is 1.01 bits per heavy atom. The van der Waals surface area contributed by atoms with E-state index in [1.54, 1.807) is 54.8 Å². The summed E-state index contributed by atoms with van der Waals surface area (Å²) in [4.78, 5) is 48.5. The fourth-order valence-corrected chi connectivity index (χ4v) is 33.2. The third-order valence-corrected chi connectivity index (χ3v) is 36.9. The van der Waals surface area contributed by atoms with Crippen LogP contribution in [0.1, 0.15) is 260 Å². The molecule has 16 bridgehead atoms. The van der Waals surface area contributed by atoms with Crippen molar-refractivity contribution in [2.24, 2.45) is 71.0 Å². The maximum Gasteiger partial charge on any atom is 0.217 e. The molecule has 0 aromatic heterocycles. The Labute approximate surface area is 832 Å². The van der Waals surface area contributed by atoms with Gasteiger partial charge >= 0.3 is 0 Å². The van der Waals surface area contributed by atoms with Crippen LogP contribution in [0, 0.1) is 71.0 Å². The van der Waals surface area contributed by atoms with Crippen molar-refractivity contribution in [2.75, 3.05) is 53.5 Å². The van der Waals surface area contributed by atoms with E-state index in [1.165, 1.54) is 167 Å². The van der Waals surface area contributed by atoms with Crippen molar-refractivity contribution in [1.29, 1.82) is 0 Å². The van der Waals surface area contributed by atoms with E-state index in [-0.39, 0.29) is 45.0 Å². The van der Waals surface area contributed by atoms with E-state index in [2.05, 4.69) is 156 Å². The smallest absolute Gasteiger partial charge is 0.217 e. The molecule has 16 saturated carbocycles. The Morgan fingerprint density at radius 1 is 0.388 bits per heavy atom. The molecule has 26 rings (SSSR count). The maximum atomic E-state index is 15.2. The van der Waals surface area contributed by atoms with Crippen molar-refractivity contribution in [2.45, 2.75) is 280 Å². The summed E-state index contributed by atoms with van der Waals surface area (Å²) in [6, 6.07) is 53.1. The lowest BCUT2D eigenvalue weighted by molar-refractivity contribution is -0.978. The first-order chi connectivity index (χ1) is 67.4. The number of hydrogen-bond donors (Lipinski definition) is 8. The van der Waals surface area contributed by atoms with Gasteiger partial charge in [0.05, 0.1) is 54.7 Å². The van der Waals surface area contributed by atoms with E-state index in [4.69, 9.17) is 52.9 Å². The molecule has 0 aliphatic heterocycles. The highest BCUT2D eigenvalue weighted by Gasteiger charge is 2.58. The fraction of sp³-hybridized carbons (Fsp3) is 0.530. The molecule has 20 nitrogen and oxygen atoms in total. The minimum absolute atomic E-state index is 0.171. The third-order valence-electron chi connectivity index (χ3n) is 36.3. The van der Waals surface area contributed by atoms with Crippen LogP contribution in [-0.2, 0) is 70.0 Å². The minimum atomic E-state index is -0.468. The second kappa shape index (κ2) is 38.2. The summed E-state index contributed by atoms with van der Waals surface area (Å²) in [6.45, 7) is 13.7. The summed E-state index contributed by atoms with van der Waals surface area (Å²) < 4.78 is 36.9. The molecule has 2 atom stereocenters. The van der Waals surface area contributed by atoms with Crippen LogP contribution in [0.15, 0.2) is 167 Å². The first kappa shape index (κ1) is 93.7.